The van der Waals surface area contributed by atoms with Gasteiger partial charge in [0.2, 0.25) is 0 Å². The van der Waals surface area contributed by atoms with Gasteiger partial charge in [-0.25, -0.2) is 4.98 Å². The van der Waals surface area contributed by atoms with E-state index in [4.69, 9.17) is 4.42 Å². The van der Waals surface area contributed by atoms with Crippen LogP contribution in [-0.2, 0) is 6.42 Å². The molecule has 1 aromatic carbocycles. The lowest BCUT2D eigenvalue weighted by Gasteiger charge is -2.19. The van der Waals surface area contributed by atoms with Gasteiger partial charge in [-0.3, -0.25) is 0 Å². The van der Waals surface area contributed by atoms with Crippen molar-refractivity contribution in [1.82, 2.24) is 10.3 Å². The first-order chi connectivity index (χ1) is 9.83. The van der Waals surface area contributed by atoms with Crippen LogP contribution in [0.15, 0.2) is 37.8 Å². The third-order valence-corrected chi connectivity index (χ3v) is 3.84. The van der Waals surface area contributed by atoms with E-state index in [2.05, 4.69) is 62.9 Å². The lowest BCUT2D eigenvalue weighted by Crippen LogP contribution is -2.36. The summed E-state index contributed by atoms with van der Waals surface area (Å²) in [4.78, 5) is 4.36. The molecule has 0 saturated heterocycles. The van der Waals surface area contributed by atoms with E-state index in [1.54, 1.807) is 6.20 Å². The summed E-state index contributed by atoms with van der Waals surface area (Å²) in [6.45, 7) is 7.47. The highest BCUT2D eigenvalue weighted by atomic mass is 79.9. The minimum atomic E-state index is 0.157. The van der Waals surface area contributed by atoms with E-state index in [-0.39, 0.29) is 5.54 Å². The predicted octanol–water partition coefficient (Wildman–Crippen LogP) is 5.19. The SMILES string of the molecule is CC(C)(C)NCCCc1ncc(-c2cc(Br)cc(Br)c2)o1. The van der Waals surface area contributed by atoms with E-state index in [9.17, 15) is 0 Å². The van der Waals surface area contributed by atoms with E-state index in [0.29, 0.717) is 0 Å². The van der Waals surface area contributed by atoms with Crippen molar-refractivity contribution >= 4 is 31.9 Å². The third-order valence-electron chi connectivity index (χ3n) is 2.92. The van der Waals surface area contributed by atoms with Crippen LogP contribution in [0.25, 0.3) is 11.3 Å². The van der Waals surface area contributed by atoms with Gasteiger partial charge in [0.15, 0.2) is 11.7 Å². The molecule has 0 unspecified atom stereocenters. The zero-order valence-corrected chi connectivity index (χ0v) is 15.7. The van der Waals surface area contributed by atoms with Gasteiger partial charge in [0.1, 0.15) is 0 Å². The molecule has 2 rings (SSSR count). The average Bonchev–Trinajstić information content (AvgIpc) is 2.81. The van der Waals surface area contributed by atoms with E-state index >= 15 is 0 Å². The quantitative estimate of drug-likeness (QED) is 0.683. The number of hydrogen-bond donors (Lipinski definition) is 1. The highest BCUT2D eigenvalue weighted by molar-refractivity contribution is 9.11. The average molecular weight is 416 g/mol. The Bertz CT molecular complexity index is 582. The fourth-order valence-corrected chi connectivity index (χ4v) is 3.25. The first kappa shape index (κ1) is 16.7. The van der Waals surface area contributed by atoms with Crippen LogP contribution in [0.5, 0.6) is 0 Å². The van der Waals surface area contributed by atoms with Crippen LogP contribution in [0.2, 0.25) is 0 Å². The highest BCUT2D eigenvalue weighted by Crippen LogP contribution is 2.28. The largest absolute Gasteiger partial charge is 0.441 e. The summed E-state index contributed by atoms with van der Waals surface area (Å²) in [5.74, 6) is 1.59. The lowest BCUT2D eigenvalue weighted by molar-refractivity contribution is 0.412. The number of rotatable bonds is 5. The zero-order valence-electron chi connectivity index (χ0n) is 12.5. The van der Waals surface area contributed by atoms with E-state index in [1.165, 1.54) is 0 Å². The molecule has 3 nitrogen and oxygen atoms in total. The number of nitrogens with zero attached hydrogens (tertiary/aromatic N) is 1. The maximum atomic E-state index is 5.83. The number of aryl methyl sites for hydroxylation is 1. The van der Waals surface area contributed by atoms with Gasteiger partial charge in [-0.05, 0) is 51.9 Å². The van der Waals surface area contributed by atoms with Crippen LogP contribution in [-0.4, -0.2) is 17.1 Å². The molecule has 0 radical (unpaired) electrons. The Hall–Kier alpha value is -0.650. The number of aromatic nitrogens is 1. The van der Waals surface area contributed by atoms with Crippen molar-refractivity contribution in [2.24, 2.45) is 0 Å². The maximum absolute atomic E-state index is 5.83. The first-order valence-corrected chi connectivity index (χ1v) is 8.58. The van der Waals surface area contributed by atoms with Crippen LogP contribution in [0.1, 0.15) is 33.1 Å². The summed E-state index contributed by atoms with van der Waals surface area (Å²) in [7, 11) is 0. The number of halogens is 2. The monoisotopic (exact) mass is 414 g/mol. The molecule has 0 aliphatic carbocycles. The van der Waals surface area contributed by atoms with Gasteiger partial charge in [0.05, 0.1) is 6.20 Å². The summed E-state index contributed by atoms with van der Waals surface area (Å²) in [6, 6.07) is 6.05. The Morgan fingerprint density at radius 2 is 1.81 bits per heavy atom. The minimum absolute atomic E-state index is 0.157. The van der Waals surface area contributed by atoms with E-state index < -0.39 is 0 Å². The van der Waals surface area contributed by atoms with Crippen LogP contribution in [0, 0.1) is 0 Å². The number of hydrogen-bond acceptors (Lipinski definition) is 3. The third kappa shape index (κ3) is 5.57. The normalized spacial score (nSPS) is 11.9. The Morgan fingerprint density at radius 1 is 1.14 bits per heavy atom. The fraction of sp³-hybridized carbons (Fsp3) is 0.438. The molecule has 2 aromatic rings. The maximum Gasteiger partial charge on any atom is 0.194 e. The molecular weight excluding hydrogens is 396 g/mol. The Kier molecular flexibility index (Phi) is 5.63. The summed E-state index contributed by atoms with van der Waals surface area (Å²) >= 11 is 6.97. The lowest BCUT2D eigenvalue weighted by atomic mass is 10.1. The van der Waals surface area contributed by atoms with Crippen molar-refractivity contribution in [1.29, 1.82) is 0 Å². The molecule has 21 heavy (non-hydrogen) atoms. The second kappa shape index (κ2) is 7.07. The molecule has 1 N–H and O–H groups in total. The van der Waals surface area contributed by atoms with Crippen molar-refractivity contribution in [2.75, 3.05) is 6.54 Å². The van der Waals surface area contributed by atoms with Gasteiger partial charge in [-0.2, -0.15) is 0 Å². The Labute approximate surface area is 142 Å². The summed E-state index contributed by atoms with van der Waals surface area (Å²) < 4.78 is 7.86. The molecule has 0 bridgehead atoms. The van der Waals surface area contributed by atoms with Crippen molar-refractivity contribution in [3.8, 4) is 11.3 Å². The minimum Gasteiger partial charge on any atom is -0.441 e. The summed E-state index contributed by atoms with van der Waals surface area (Å²) in [5.41, 5.74) is 1.17. The van der Waals surface area contributed by atoms with Crippen LogP contribution < -0.4 is 5.32 Å². The molecular formula is C16H20Br2N2O. The van der Waals surface area contributed by atoms with Gasteiger partial charge >= 0.3 is 0 Å². The standard InChI is InChI=1S/C16H20Br2N2O/c1-16(2,3)20-6-4-5-15-19-10-14(21-15)11-7-12(17)9-13(18)8-11/h7-10,20H,4-6H2,1-3H3. The zero-order chi connectivity index (χ0) is 15.5. The first-order valence-electron chi connectivity index (χ1n) is 7.00. The smallest absolute Gasteiger partial charge is 0.194 e. The molecule has 1 heterocycles. The number of oxazole rings is 1. The molecule has 0 fully saturated rings. The van der Waals surface area contributed by atoms with Gasteiger partial charge in [0, 0.05) is 26.5 Å². The Balaban J connectivity index is 1.95. The number of nitrogens with one attached hydrogen (secondary N) is 1. The molecule has 114 valence electrons. The molecule has 0 aliphatic rings. The van der Waals surface area contributed by atoms with Crippen LogP contribution >= 0.6 is 31.9 Å². The summed E-state index contributed by atoms with van der Waals surface area (Å²) in [6.07, 6.45) is 3.65. The molecule has 0 saturated carbocycles. The summed E-state index contributed by atoms with van der Waals surface area (Å²) in [5, 5.41) is 3.46. The van der Waals surface area contributed by atoms with Crippen molar-refractivity contribution in [2.45, 2.75) is 39.2 Å². The topological polar surface area (TPSA) is 38.1 Å². The second-order valence-electron chi connectivity index (χ2n) is 6.06. The molecule has 1 aromatic heterocycles. The fourth-order valence-electron chi connectivity index (χ4n) is 1.96. The Morgan fingerprint density at radius 3 is 2.43 bits per heavy atom. The molecule has 0 atom stereocenters. The molecule has 0 amide bonds. The van der Waals surface area contributed by atoms with Crippen molar-refractivity contribution < 1.29 is 4.42 Å². The molecule has 0 spiro atoms. The highest BCUT2D eigenvalue weighted by Gasteiger charge is 2.10. The van der Waals surface area contributed by atoms with Crippen molar-refractivity contribution in [3.05, 3.63) is 39.2 Å². The second-order valence-corrected chi connectivity index (χ2v) is 7.89. The van der Waals surface area contributed by atoms with Gasteiger partial charge in [-0.15, -0.1) is 0 Å². The molecule has 5 heteroatoms. The predicted molar refractivity (Wildman–Crippen MR) is 93.4 cm³/mol. The van der Waals surface area contributed by atoms with Crippen molar-refractivity contribution in [3.63, 3.8) is 0 Å². The van der Waals surface area contributed by atoms with Gasteiger partial charge in [0.25, 0.3) is 0 Å². The van der Waals surface area contributed by atoms with Crippen LogP contribution in [0.4, 0.5) is 0 Å². The van der Waals surface area contributed by atoms with Gasteiger partial charge in [-0.1, -0.05) is 31.9 Å². The molecule has 0 aliphatic heterocycles. The van der Waals surface area contributed by atoms with E-state index in [0.717, 1.165) is 45.5 Å². The van der Waals surface area contributed by atoms with Gasteiger partial charge < -0.3 is 9.73 Å². The van der Waals surface area contributed by atoms with Crippen LogP contribution in [0.3, 0.4) is 0 Å². The van der Waals surface area contributed by atoms with E-state index in [1.807, 2.05) is 18.2 Å². The number of benzene rings is 1.